The Bertz CT molecular complexity index is 268. The first-order chi connectivity index (χ1) is 9.44. The van der Waals surface area contributed by atoms with Crippen molar-refractivity contribution in [2.75, 3.05) is 60.9 Å². The molecule has 0 saturated carbocycles. The predicted octanol–water partition coefficient (Wildman–Crippen LogP) is 1.97. The van der Waals surface area contributed by atoms with E-state index in [0.29, 0.717) is 0 Å². The first-order valence-corrected chi connectivity index (χ1v) is 8.23. The Labute approximate surface area is 133 Å². The fourth-order valence-corrected chi connectivity index (χ4v) is 2.04. The van der Waals surface area contributed by atoms with E-state index in [2.05, 4.69) is 82.8 Å². The van der Waals surface area contributed by atoms with Gasteiger partial charge < -0.3 is 15.1 Å². The molecule has 0 aliphatic heterocycles. The molecule has 0 heterocycles. The van der Waals surface area contributed by atoms with Crippen molar-refractivity contribution in [3.8, 4) is 0 Å². The van der Waals surface area contributed by atoms with Crippen LogP contribution in [0.2, 0.25) is 0 Å². The zero-order valence-electron chi connectivity index (χ0n) is 16.1. The summed E-state index contributed by atoms with van der Waals surface area (Å²) in [5.74, 6) is 0. The van der Waals surface area contributed by atoms with Gasteiger partial charge in [-0.05, 0) is 75.8 Å². The average Bonchev–Trinajstić information content (AvgIpc) is 2.31. The summed E-state index contributed by atoms with van der Waals surface area (Å²) < 4.78 is 0. The van der Waals surface area contributed by atoms with Crippen LogP contribution in [0, 0.1) is 0 Å². The molecule has 0 aromatic carbocycles. The molecule has 4 nitrogen and oxygen atoms in total. The lowest BCUT2D eigenvalue weighted by Gasteiger charge is -2.37. The van der Waals surface area contributed by atoms with Gasteiger partial charge in [0.25, 0.3) is 0 Å². The van der Waals surface area contributed by atoms with Gasteiger partial charge in [0.1, 0.15) is 0 Å². The first kappa shape index (κ1) is 20.8. The smallest absolute Gasteiger partial charge is 0.0162 e. The SMILES string of the molecule is CN(C)CCN(C)C(C)(C)CCN(C)CCNC(C)(C)C. The van der Waals surface area contributed by atoms with Gasteiger partial charge in [0.2, 0.25) is 0 Å². The van der Waals surface area contributed by atoms with Crippen LogP contribution in [0.3, 0.4) is 0 Å². The standard InChI is InChI=1S/C17H40N4/c1-16(2,3)18-11-13-20(8)12-10-17(4,5)21(9)15-14-19(6)7/h18H,10-15H2,1-9H3. The lowest BCUT2D eigenvalue weighted by Crippen LogP contribution is -2.46. The quantitative estimate of drug-likeness (QED) is 0.666. The number of nitrogens with one attached hydrogen (secondary N) is 1. The Kier molecular flexibility index (Phi) is 9.02. The highest BCUT2D eigenvalue weighted by Gasteiger charge is 2.23. The van der Waals surface area contributed by atoms with E-state index in [1.807, 2.05) is 0 Å². The molecule has 0 atom stereocenters. The third-order valence-electron chi connectivity index (χ3n) is 4.17. The van der Waals surface area contributed by atoms with Gasteiger partial charge in [-0.2, -0.15) is 0 Å². The van der Waals surface area contributed by atoms with Crippen molar-refractivity contribution < 1.29 is 0 Å². The van der Waals surface area contributed by atoms with Crippen molar-refractivity contribution in [1.29, 1.82) is 0 Å². The van der Waals surface area contributed by atoms with E-state index in [1.54, 1.807) is 0 Å². The van der Waals surface area contributed by atoms with E-state index in [1.165, 1.54) is 6.42 Å². The molecule has 0 fully saturated rings. The number of hydrogen-bond acceptors (Lipinski definition) is 4. The molecule has 1 N–H and O–H groups in total. The van der Waals surface area contributed by atoms with E-state index >= 15 is 0 Å². The van der Waals surface area contributed by atoms with Gasteiger partial charge in [0.05, 0.1) is 0 Å². The molecule has 0 saturated heterocycles. The molecule has 0 aromatic heterocycles. The van der Waals surface area contributed by atoms with Gasteiger partial charge in [-0.3, -0.25) is 4.90 Å². The number of nitrogens with zero attached hydrogens (tertiary/aromatic N) is 3. The summed E-state index contributed by atoms with van der Waals surface area (Å²) in [6, 6.07) is 0. The van der Waals surface area contributed by atoms with Crippen molar-refractivity contribution in [3.05, 3.63) is 0 Å². The van der Waals surface area contributed by atoms with E-state index in [4.69, 9.17) is 0 Å². The minimum Gasteiger partial charge on any atom is -0.311 e. The molecule has 0 aliphatic rings. The highest BCUT2D eigenvalue weighted by molar-refractivity contribution is 4.81. The molecule has 0 aliphatic carbocycles. The van der Waals surface area contributed by atoms with Gasteiger partial charge in [0.15, 0.2) is 0 Å². The van der Waals surface area contributed by atoms with E-state index in [-0.39, 0.29) is 11.1 Å². The number of hydrogen-bond donors (Lipinski definition) is 1. The third-order valence-corrected chi connectivity index (χ3v) is 4.17. The van der Waals surface area contributed by atoms with Crippen LogP contribution in [0.4, 0.5) is 0 Å². The van der Waals surface area contributed by atoms with Gasteiger partial charge in [-0.25, -0.2) is 0 Å². The lowest BCUT2D eigenvalue weighted by molar-refractivity contribution is 0.120. The largest absolute Gasteiger partial charge is 0.311 e. The van der Waals surface area contributed by atoms with Crippen LogP contribution in [0.15, 0.2) is 0 Å². The first-order valence-electron chi connectivity index (χ1n) is 8.23. The van der Waals surface area contributed by atoms with Crippen LogP contribution >= 0.6 is 0 Å². The van der Waals surface area contributed by atoms with Crippen LogP contribution in [0.1, 0.15) is 41.0 Å². The second-order valence-corrected chi connectivity index (χ2v) is 8.27. The van der Waals surface area contributed by atoms with Crippen molar-refractivity contribution in [1.82, 2.24) is 20.0 Å². The van der Waals surface area contributed by atoms with Gasteiger partial charge in [-0.1, -0.05) is 0 Å². The number of rotatable bonds is 10. The second-order valence-electron chi connectivity index (χ2n) is 8.27. The van der Waals surface area contributed by atoms with Crippen molar-refractivity contribution in [2.24, 2.45) is 0 Å². The molecule has 0 bridgehead atoms. The molecule has 0 unspecified atom stereocenters. The molecule has 128 valence electrons. The minimum absolute atomic E-state index is 0.215. The normalized spacial score (nSPS) is 13.7. The van der Waals surface area contributed by atoms with Crippen molar-refractivity contribution in [3.63, 3.8) is 0 Å². The molecule has 0 aromatic rings. The topological polar surface area (TPSA) is 21.8 Å². The predicted molar refractivity (Wildman–Crippen MR) is 95.1 cm³/mol. The minimum atomic E-state index is 0.215. The van der Waals surface area contributed by atoms with Crippen LogP contribution in [0.5, 0.6) is 0 Å². The Hall–Kier alpha value is -0.160. The maximum absolute atomic E-state index is 3.55. The lowest BCUT2D eigenvalue weighted by atomic mass is 9.98. The zero-order valence-corrected chi connectivity index (χ0v) is 16.1. The maximum Gasteiger partial charge on any atom is 0.0162 e. The summed E-state index contributed by atoms with van der Waals surface area (Å²) in [7, 11) is 8.73. The Morgan fingerprint density at radius 2 is 1.33 bits per heavy atom. The van der Waals surface area contributed by atoms with Crippen LogP contribution < -0.4 is 5.32 Å². The van der Waals surface area contributed by atoms with Gasteiger partial charge in [-0.15, -0.1) is 0 Å². The monoisotopic (exact) mass is 300 g/mol. The summed E-state index contributed by atoms with van der Waals surface area (Å²) in [6.45, 7) is 16.9. The highest BCUT2D eigenvalue weighted by Crippen LogP contribution is 2.17. The highest BCUT2D eigenvalue weighted by atomic mass is 15.2. The average molecular weight is 301 g/mol. The Balaban J connectivity index is 4.00. The molecular weight excluding hydrogens is 260 g/mol. The summed E-state index contributed by atoms with van der Waals surface area (Å²) in [4.78, 5) is 7.16. The van der Waals surface area contributed by atoms with Gasteiger partial charge >= 0.3 is 0 Å². The summed E-state index contributed by atoms with van der Waals surface area (Å²) in [6.07, 6.45) is 1.20. The molecule has 4 heteroatoms. The molecule has 0 radical (unpaired) electrons. The Morgan fingerprint density at radius 3 is 1.81 bits per heavy atom. The molecule has 0 spiro atoms. The molecule has 21 heavy (non-hydrogen) atoms. The Morgan fingerprint density at radius 1 is 0.762 bits per heavy atom. The van der Waals surface area contributed by atoms with Crippen LogP contribution in [0.25, 0.3) is 0 Å². The maximum atomic E-state index is 3.55. The fourth-order valence-electron chi connectivity index (χ4n) is 2.04. The van der Waals surface area contributed by atoms with Gasteiger partial charge in [0, 0.05) is 37.3 Å². The summed E-state index contributed by atoms with van der Waals surface area (Å²) in [5, 5.41) is 3.55. The number of likely N-dealkylation sites (N-methyl/N-ethyl adjacent to an activating group) is 3. The fraction of sp³-hybridized carbons (Fsp3) is 1.00. The van der Waals surface area contributed by atoms with E-state index in [9.17, 15) is 0 Å². The van der Waals surface area contributed by atoms with E-state index < -0.39 is 0 Å². The van der Waals surface area contributed by atoms with Crippen LogP contribution in [-0.2, 0) is 0 Å². The molecule has 0 amide bonds. The van der Waals surface area contributed by atoms with E-state index in [0.717, 1.165) is 32.7 Å². The van der Waals surface area contributed by atoms with Crippen molar-refractivity contribution >= 4 is 0 Å². The summed E-state index contributed by atoms with van der Waals surface area (Å²) >= 11 is 0. The molecular formula is C17H40N4. The van der Waals surface area contributed by atoms with Crippen molar-refractivity contribution in [2.45, 2.75) is 52.1 Å². The zero-order chi connectivity index (χ0) is 16.7. The molecule has 0 rings (SSSR count). The second kappa shape index (κ2) is 9.09. The third kappa shape index (κ3) is 11.1. The van der Waals surface area contributed by atoms with Crippen LogP contribution in [-0.4, -0.2) is 86.7 Å². The summed E-state index contributed by atoms with van der Waals surface area (Å²) in [5.41, 5.74) is 0.467.